The van der Waals surface area contributed by atoms with Gasteiger partial charge in [-0.1, -0.05) is 60.4 Å². The molecule has 0 amide bonds. The lowest BCUT2D eigenvalue weighted by Crippen LogP contribution is -1.94. The van der Waals surface area contributed by atoms with Crippen LogP contribution in [0.1, 0.15) is 34.2 Å². The second-order valence-electron chi connectivity index (χ2n) is 8.16. The van der Waals surface area contributed by atoms with Crippen molar-refractivity contribution in [2.24, 2.45) is 0 Å². The van der Waals surface area contributed by atoms with Crippen LogP contribution in [0.4, 0.5) is 8.78 Å². The Kier molecular flexibility index (Phi) is 7.50. The number of methoxy groups -OCH3 is 1. The number of rotatable bonds is 7. The van der Waals surface area contributed by atoms with Crippen LogP contribution in [0.25, 0.3) is 10.8 Å². The molecule has 0 aliphatic rings. The van der Waals surface area contributed by atoms with Crippen molar-refractivity contribution in [2.45, 2.75) is 25.7 Å². The van der Waals surface area contributed by atoms with Gasteiger partial charge in [0.1, 0.15) is 0 Å². The van der Waals surface area contributed by atoms with Gasteiger partial charge in [0.2, 0.25) is 0 Å². The number of fused-ring (bicyclic) bond motifs is 1. The largest absolute Gasteiger partial charge is 0.385 e. The van der Waals surface area contributed by atoms with Crippen molar-refractivity contribution in [1.29, 1.82) is 0 Å². The predicted molar refractivity (Wildman–Crippen MR) is 130 cm³/mol. The molecule has 0 spiro atoms. The molecule has 0 bridgehead atoms. The fourth-order valence-corrected chi connectivity index (χ4v) is 3.82. The SMILES string of the molecule is COCCCc1ccc(CCc2ccc(C#Cc3ccc4c(F)c(F)ccc4c3)cc2)cc1. The first-order chi connectivity index (χ1) is 16.1. The molecule has 0 radical (unpaired) electrons. The molecule has 0 aromatic heterocycles. The average molecular weight is 441 g/mol. The van der Waals surface area contributed by atoms with Crippen molar-refractivity contribution in [2.75, 3.05) is 13.7 Å². The summed E-state index contributed by atoms with van der Waals surface area (Å²) in [5.41, 5.74) is 5.64. The van der Waals surface area contributed by atoms with Crippen molar-refractivity contribution in [3.05, 3.63) is 118 Å². The van der Waals surface area contributed by atoms with Crippen LogP contribution in [0.2, 0.25) is 0 Å². The number of benzene rings is 4. The zero-order chi connectivity index (χ0) is 23.0. The summed E-state index contributed by atoms with van der Waals surface area (Å²) in [6.07, 6.45) is 4.07. The average Bonchev–Trinajstić information content (AvgIpc) is 2.85. The first-order valence-electron chi connectivity index (χ1n) is 11.2. The van der Waals surface area contributed by atoms with E-state index in [1.807, 2.05) is 12.1 Å². The maximum atomic E-state index is 13.8. The van der Waals surface area contributed by atoms with E-state index in [-0.39, 0.29) is 5.39 Å². The Morgan fingerprint density at radius 3 is 1.91 bits per heavy atom. The number of halogens is 2. The number of hydrogen-bond acceptors (Lipinski definition) is 1. The van der Waals surface area contributed by atoms with E-state index >= 15 is 0 Å². The standard InChI is InChI=1S/C30H26F2O/c1-33-20-2-3-22-4-6-23(7-5-22)8-9-24-10-12-25(13-11-24)14-15-26-16-18-28-27(21-26)17-19-29(31)30(28)32/h4-7,10-13,16-19,21H,2-3,8-9,20H2,1H3. The van der Waals surface area contributed by atoms with E-state index in [1.165, 1.54) is 16.7 Å². The van der Waals surface area contributed by atoms with E-state index in [1.54, 1.807) is 31.4 Å². The van der Waals surface area contributed by atoms with Gasteiger partial charge in [-0.2, -0.15) is 0 Å². The molecule has 33 heavy (non-hydrogen) atoms. The van der Waals surface area contributed by atoms with Crippen molar-refractivity contribution < 1.29 is 13.5 Å². The molecule has 4 aromatic carbocycles. The molecule has 0 aliphatic heterocycles. The molecule has 0 saturated heterocycles. The molecule has 1 nitrogen and oxygen atoms in total. The molecule has 0 fully saturated rings. The summed E-state index contributed by atoms with van der Waals surface area (Å²) in [6, 6.07) is 24.9. The topological polar surface area (TPSA) is 9.23 Å². The Balaban J connectivity index is 1.35. The maximum absolute atomic E-state index is 13.8. The van der Waals surface area contributed by atoms with E-state index in [4.69, 9.17) is 4.74 Å². The van der Waals surface area contributed by atoms with E-state index in [2.05, 4.69) is 48.2 Å². The fourth-order valence-electron chi connectivity index (χ4n) is 3.82. The lowest BCUT2D eigenvalue weighted by Gasteiger charge is -2.05. The molecule has 166 valence electrons. The summed E-state index contributed by atoms with van der Waals surface area (Å²) in [6.45, 7) is 0.797. The molecule has 4 rings (SSSR count). The highest BCUT2D eigenvalue weighted by Crippen LogP contribution is 2.21. The van der Waals surface area contributed by atoms with Crippen LogP contribution < -0.4 is 0 Å². The summed E-state index contributed by atoms with van der Waals surface area (Å²) in [5, 5.41) is 0.907. The molecule has 4 aromatic rings. The van der Waals surface area contributed by atoms with E-state index in [9.17, 15) is 8.78 Å². The third-order valence-corrected chi connectivity index (χ3v) is 5.75. The Labute approximate surface area is 194 Å². The monoisotopic (exact) mass is 440 g/mol. The molecule has 0 N–H and O–H groups in total. The minimum atomic E-state index is -0.837. The van der Waals surface area contributed by atoms with Gasteiger partial charge >= 0.3 is 0 Å². The molecule has 0 saturated carbocycles. The molecule has 0 aliphatic carbocycles. The van der Waals surface area contributed by atoms with E-state index < -0.39 is 11.6 Å². The predicted octanol–water partition coefficient (Wildman–Crippen LogP) is 6.88. The highest BCUT2D eigenvalue weighted by molar-refractivity contribution is 5.84. The van der Waals surface area contributed by atoms with Gasteiger partial charge in [-0.15, -0.1) is 0 Å². The Morgan fingerprint density at radius 2 is 1.24 bits per heavy atom. The smallest absolute Gasteiger partial charge is 0.166 e. The second-order valence-corrected chi connectivity index (χ2v) is 8.16. The highest BCUT2D eigenvalue weighted by atomic mass is 19.2. The zero-order valence-electron chi connectivity index (χ0n) is 18.7. The third-order valence-electron chi connectivity index (χ3n) is 5.75. The fraction of sp³-hybridized carbons (Fsp3) is 0.200. The second kappa shape index (κ2) is 10.9. The summed E-state index contributed by atoms with van der Waals surface area (Å²) in [7, 11) is 1.74. The van der Waals surface area contributed by atoms with Gasteiger partial charge in [-0.3, -0.25) is 0 Å². The first kappa shape index (κ1) is 22.7. The van der Waals surface area contributed by atoms with Crippen molar-refractivity contribution in [3.8, 4) is 11.8 Å². The Hall–Kier alpha value is -3.48. The van der Waals surface area contributed by atoms with Crippen LogP contribution in [0, 0.1) is 23.5 Å². The van der Waals surface area contributed by atoms with E-state index in [0.717, 1.165) is 49.5 Å². The van der Waals surface area contributed by atoms with Gasteiger partial charge in [0.05, 0.1) is 0 Å². The minimum absolute atomic E-state index is 0.269. The normalized spacial score (nSPS) is 10.8. The van der Waals surface area contributed by atoms with Crippen LogP contribution in [-0.2, 0) is 24.0 Å². The van der Waals surface area contributed by atoms with Crippen LogP contribution in [0.15, 0.2) is 78.9 Å². The molecule has 0 unspecified atom stereocenters. The highest BCUT2D eigenvalue weighted by Gasteiger charge is 2.06. The molecule has 0 heterocycles. The minimum Gasteiger partial charge on any atom is -0.385 e. The lowest BCUT2D eigenvalue weighted by atomic mass is 10.0. The quantitative estimate of drug-likeness (QED) is 0.225. The van der Waals surface area contributed by atoms with Crippen molar-refractivity contribution in [1.82, 2.24) is 0 Å². The number of aryl methyl sites for hydroxylation is 3. The Morgan fingerprint density at radius 1 is 0.667 bits per heavy atom. The van der Waals surface area contributed by atoms with Crippen LogP contribution in [0.5, 0.6) is 0 Å². The molecular formula is C30H26F2O. The summed E-state index contributed by atoms with van der Waals surface area (Å²) in [4.78, 5) is 0. The van der Waals surface area contributed by atoms with Crippen LogP contribution >= 0.6 is 0 Å². The maximum Gasteiger partial charge on any atom is 0.166 e. The lowest BCUT2D eigenvalue weighted by molar-refractivity contribution is 0.195. The van der Waals surface area contributed by atoms with Gasteiger partial charge < -0.3 is 4.74 Å². The summed E-state index contributed by atoms with van der Waals surface area (Å²) in [5.74, 6) is 4.61. The summed E-state index contributed by atoms with van der Waals surface area (Å²) < 4.78 is 32.3. The first-order valence-corrected chi connectivity index (χ1v) is 11.2. The summed E-state index contributed by atoms with van der Waals surface area (Å²) >= 11 is 0. The molecular weight excluding hydrogens is 414 g/mol. The number of ether oxygens (including phenoxy) is 1. The van der Waals surface area contributed by atoms with E-state index in [0.29, 0.717) is 5.39 Å². The van der Waals surface area contributed by atoms with Crippen LogP contribution in [-0.4, -0.2) is 13.7 Å². The zero-order valence-corrected chi connectivity index (χ0v) is 18.7. The number of hydrogen-bond donors (Lipinski definition) is 0. The van der Waals surface area contributed by atoms with Crippen molar-refractivity contribution >= 4 is 10.8 Å². The Bertz CT molecular complexity index is 1280. The molecule has 0 atom stereocenters. The van der Waals surface area contributed by atoms with Gasteiger partial charge in [-0.05, 0) is 78.1 Å². The third kappa shape index (κ3) is 6.06. The van der Waals surface area contributed by atoms with Gasteiger partial charge in [0.25, 0.3) is 0 Å². The van der Waals surface area contributed by atoms with Gasteiger partial charge in [0, 0.05) is 30.2 Å². The van der Waals surface area contributed by atoms with Crippen LogP contribution in [0.3, 0.4) is 0 Å². The molecule has 3 heteroatoms. The van der Waals surface area contributed by atoms with Gasteiger partial charge in [-0.25, -0.2) is 8.78 Å². The van der Waals surface area contributed by atoms with Crippen molar-refractivity contribution in [3.63, 3.8) is 0 Å². The van der Waals surface area contributed by atoms with Gasteiger partial charge in [0.15, 0.2) is 11.6 Å².